The number of morpholine rings is 1. The van der Waals surface area contributed by atoms with Gasteiger partial charge in [-0.25, -0.2) is 0 Å². The number of halogens is 2. The number of piperidine rings is 1. The maximum absolute atomic E-state index is 12.9. The van der Waals surface area contributed by atoms with Crippen LogP contribution in [-0.4, -0.2) is 63.5 Å². The topological polar surface area (TPSA) is 114 Å². The van der Waals surface area contributed by atoms with Crippen LogP contribution in [0.1, 0.15) is 45.2 Å². The number of aromatic hydroxyl groups is 1. The van der Waals surface area contributed by atoms with Crippen LogP contribution in [0.4, 0.5) is 0 Å². The predicted octanol–water partition coefficient (Wildman–Crippen LogP) is 2.55. The fraction of sp³-hybridized carbons (Fsp3) is 0.619. The average Bonchev–Trinajstić information content (AvgIpc) is 2.74. The maximum Gasteiger partial charge on any atom is 0.253 e. The molecule has 2 aliphatic rings. The summed E-state index contributed by atoms with van der Waals surface area (Å²) in [4.78, 5) is 25.8. The molecule has 11 heteroatoms. The van der Waals surface area contributed by atoms with Crippen LogP contribution in [0.2, 0.25) is 10.0 Å². The number of likely N-dealkylation sites (tertiary alicyclic amines) is 1. The molecule has 2 amide bonds. The summed E-state index contributed by atoms with van der Waals surface area (Å²) in [5.41, 5.74) is 0.528. The second-order valence-electron chi connectivity index (χ2n) is 9.07. The second kappa shape index (κ2) is 10.4. The molecule has 3 N–H and O–H groups in total. The highest BCUT2D eigenvalue weighted by atomic mass is 35.5. The third kappa shape index (κ3) is 6.01. The van der Waals surface area contributed by atoms with E-state index in [1.54, 1.807) is 11.0 Å². The van der Waals surface area contributed by atoms with E-state index in [4.69, 9.17) is 27.9 Å². The van der Waals surface area contributed by atoms with Crippen LogP contribution in [0, 0.1) is 5.92 Å². The van der Waals surface area contributed by atoms with Gasteiger partial charge >= 0.3 is 0 Å². The Balaban J connectivity index is 1.74. The zero-order valence-corrected chi connectivity index (χ0v) is 20.6. The quantitative estimate of drug-likeness (QED) is 0.529. The molecule has 2 fully saturated rings. The Morgan fingerprint density at radius 3 is 2.50 bits per heavy atom. The lowest BCUT2D eigenvalue weighted by Gasteiger charge is -2.39. The number of ether oxygens (including phenoxy) is 1. The average molecular weight is 506 g/mol. The van der Waals surface area contributed by atoms with Gasteiger partial charge in [0.25, 0.3) is 5.91 Å². The van der Waals surface area contributed by atoms with Crippen LogP contribution in [0.5, 0.6) is 5.75 Å². The number of amides is 2. The standard InChI is InChI=1S/C21H29Cl2N3O5S/c1-21(2,3)32(30)25-19(13-8-14(22)15(23)9-16(13)27)12-4-6-26(7-5-12)20(29)17-10-24-18(28)11-31-17/h8-9,12,17,19,25,27H,4-7,10-11H2,1-3H3,(H,24,28)/t17-,19?,32-/m0/s1. The number of carbonyl (C=O) groups excluding carboxylic acids is 2. The normalized spacial score (nSPS) is 22.4. The van der Waals surface area contributed by atoms with Crippen LogP contribution in [0.15, 0.2) is 12.1 Å². The molecular formula is C21H29Cl2N3O5S. The summed E-state index contributed by atoms with van der Waals surface area (Å²) in [6.45, 7) is 6.63. The molecule has 1 aromatic carbocycles. The van der Waals surface area contributed by atoms with Crippen LogP contribution in [0.25, 0.3) is 0 Å². The van der Waals surface area contributed by atoms with Crippen molar-refractivity contribution in [3.63, 3.8) is 0 Å². The number of nitrogens with one attached hydrogen (secondary N) is 2. The molecule has 0 aromatic heterocycles. The summed E-state index contributed by atoms with van der Waals surface area (Å²) in [6.07, 6.45) is 0.582. The monoisotopic (exact) mass is 505 g/mol. The van der Waals surface area contributed by atoms with Crippen molar-refractivity contribution in [2.75, 3.05) is 26.2 Å². The molecule has 0 aliphatic carbocycles. The number of rotatable bonds is 5. The van der Waals surface area contributed by atoms with Gasteiger partial charge in [0.2, 0.25) is 5.91 Å². The van der Waals surface area contributed by atoms with Gasteiger partial charge in [0, 0.05) is 36.1 Å². The Kier molecular flexibility index (Phi) is 8.22. The van der Waals surface area contributed by atoms with E-state index in [9.17, 15) is 19.2 Å². The number of hydrogen-bond donors (Lipinski definition) is 3. The van der Waals surface area contributed by atoms with E-state index in [2.05, 4.69) is 10.0 Å². The van der Waals surface area contributed by atoms with Crippen molar-refractivity contribution in [3.8, 4) is 5.75 Å². The van der Waals surface area contributed by atoms with E-state index in [1.807, 2.05) is 20.8 Å². The Bertz CT molecular complexity index is 849. The minimum atomic E-state index is -1.39. The second-order valence-corrected chi connectivity index (χ2v) is 11.9. The summed E-state index contributed by atoms with van der Waals surface area (Å²) < 4.78 is 20.9. The molecule has 0 bridgehead atoms. The van der Waals surface area contributed by atoms with Crippen molar-refractivity contribution in [2.24, 2.45) is 5.92 Å². The number of carbonyl (C=O) groups is 2. The zero-order chi connectivity index (χ0) is 23.6. The first-order valence-electron chi connectivity index (χ1n) is 10.5. The summed E-state index contributed by atoms with van der Waals surface area (Å²) in [5.74, 6) is -0.397. The van der Waals surface area contributed by atoms with Crippen molar-refractivity contribution in [1.82, 2.24) is 14.9 Å². The Labute approximate surface area is 201 Å². The molecule has 0 saturated carbocycles. The van der Waals surface area contributed by atoms with Crippen molar-refractivity contribution >= 4 is 46.4 Å². The summed E-state index contributed by atoms with van der Waals surface area (Å²) in [6, 6.07) is 2.56. The minimum Gasteiger partial charge on any atom is -0.598 e. The summed E-state index contributed by atoms with van der Waals surface area (Å²) in [5, 5.41) is 13.8. The third-order valence-electron chi connectivity index (χ3n) is 5.69. The minimum absolute atomic E-state index is 0.000434. The Morgan fingerprint density at radius 2 is 1.94 bits per heavy atom. The highest BCUT2D eigenvalue weighted by Crippen LogP contribution is 2.40. The van der Waals surface area contributed by atoms with Crippen molar-refractivity contribution in [1.29, 1.82) is 0 Å². The van der Waals surface area contributed by atoms with Crippen molar-refractivity contribution in [2.45, 2.75) is 50.5 Å². The number of benzene rings is 1. The van der Waals surface area contributed by atoms with Gasteiger partial charge in [-0.1, -0.05) is 23.2 Å². The van der Waals surface area contributed by atoms with E-state index in [0.29, 0.717) is 36.5 Å². The van der Waals surface area contributed by atoms with Gasteiger partial charge < -0.3 is 24.6 Å². The lowest BCUT2D eigenvalue weighted by molar-refractivity contribution is -0.151. The molecule has 3 rings (SSSR count). The van der Waals surface area contributed by atoms with Gasteiger partial charge in [-0.15, -0.1) is 4.72 Å². The first kappa shape index (κ1) is 25.4. The number of phenolic OH excluding ortho intramolecular Hbond substituents is 1. The number of hydrogen-bond acceptors (Lipinski definition) is 6. The van der Waals surface area contributed by atoms with E-state index in [0.717, 1.165) is 0 Å². The predicted molar refractivity (Wildman–Crippen MR) is 124 cm³/mol. The van der Waals surface area contributed by atoms with Gasteiger partial charge in [-0.3, -0.25) is 9.59 Å². The largest absolute Gasteiger partial charge is 0.598 e. The van der Waals surface area contributed by atoms with Gasteiger partial charge in [0.05, 0.1) is 22.6 Å². The smallest absolute Gasteiger partial charge is 0.253 e. The van der Waals surface area contributed by atoms with Gasteiger partial charge in [0.1, 0.15) is 17.1 Å². The highest BCUT2D eigenvalue weighted by Gasteiger charge is 2.38. The van der Waals surface area contributed by atoms with E-state index in [1.165, 1.54) is 6.07 Å². The third-order valence-corrected chi connectivity index (χ3v) is 8.00. The molecule has 2 saturated heterocycles. The first-order chi connectivity index (χ1) is 15.0. The van der Waals surface area contributed by atoms with E-state index < -0.39 is 28.3 Å². The van der Waals surface area contributed by atoms with E-state index >= 15 is 0 Å². The van der Waals surface area contributed by atoms with Crippen LogP contribution in [-0.2, 0) is 25.7 Å². The van der Waals surface area contributed by atoms with Crippen LogP contribution in [0.3, 0.4) is 0 Å². The van der Waals surface area contributed by atoms with E-state index in [-0.39, 0.29) is 41.7 Å². The first-order valence-corrected chi connectivity index (χ1v) is 12.4. The molecule has 1 aromatic rings. The number of phenols is 1. The summed E-state index contributed by atoms with van der Waals surface area (Å²) >= 11 is 10.9. The van der Waals surface area contributed by atoms with Gasteiger partial charge in [-0.2, -0.15) is 0 Å². The maximum atomic E-state index is 12.9. The molecule has 0 radical (unpaired) electrons. The molecule has 178 valence electrons. The fourth-order valence-electron chi connectivity index (χ4n) is 3.81. The van der Waals surface area contributed by atoms with Crippen LogP contribution >= 0.6 is 23.2 Å². The molecule has 8 nitrogen and oxygen atoms in total. The molecule has 2 heterocycles. The van der Waals surface area contributed by atoms with Gasteiger partial charge in [0.15, 0.2) is 6.10 Å². The summed E-state index contributed by atoms with van der Waals surface area (Å²) in [7, 11) is 0. The molecular weight excluding hydrogens is 477 g/mol. The van der Waals surface area contributed by atoms with Crippen molar-refractivity contribution in [3.05, 3.63) is 27.7 Å². The lowest BCUT2D eigenvalue weighted by Crippen LogP contribution is -2.53. The molecule has 1 unspecified atom stereocenters. The van der Waals surface area contributed by atoms with Crippen LogP contribution < -0.4 is 10.0 Å². The zero-order valence-electron chi connectivity index (χ0n) is 18.3. The molecule has 0 spiro atoms. The molecule has 2 aliphatic heterocycles. The van der Waals surface area contributed by atoms with Gasteiger partial charge in [-0.05, 0) is 45.6 Å². The highest BCUT2D eigenvalue weighted by molar-refractivity contribution is 7.90. The Hall–Kier alpha value is -1.23. The fourth-order valence-corrected chi connectivity index (χ4v) is 5.05. The Morgan fingerprint density at radius 1 is 1.31 bits per heavy atom. The lowest BCUT2D eigenvalue weighted by atomic mass is 9.85. The van der Waals surface area contributed by atoms with Crippen molar-refractivity contribution < 1.29 is 24.0 Å². The molecule has 3 atom stereocenters. The number of nitrogens with zero attached hydrogens (tertiary/aromatic N) is 1. The molecule has 32 heavy (non-hydrogen) atoms. The SMILES string of the molecule is CC(C)(C)[S@+]([O-])NC(c1cc(Cl)c(Cl)cc1O)C1CCN(C(=O)[C@@H]2CNC(=O)CO2)CC1.